The molecular weight excluding hydrogens is 500 g/mol. The molecule has 9 heteroatoms. The number of carbonyl (C=O) groups is 1. The molecule has 4 fully saturated rings. The number of rotatable bonds is 7. The van der Waals surface area contributed by atoms with Crippen molar-refractivity contribution in [2.24, 2.45) is 34.5 Å². The quantitative estimate of drug-likeness (QED) is 0.277. The number of hydrogen-bond acceptors (Lipinski definition) is 7. The molecule has 5 rings (SSSR count). The van der Waals surface area contributed by atoms with Crippen LogP contribution >= 0.6 is 0 Å². The third kappa shape index (κ3) is 3.70. The number of hydrogen-bond donors (Lipinski definition) is 0. The van der Waals surface area contributed by atoms with Crippen LogP contribution in [0, 0.1) is 34.5 Å². The molecule has 2 heterocycles. The van der Waals surface area contributed by atoms with Crippen LogP contribution in [0.2, 0.25) is 0 Å². The summed E-state index contributed by atoms with van der Waals surface area (Å²) < 4.78 is 38.7. The van der Waals surface area contributed by atoms with Crippen LogP contribution in [0.1, 0.15) is 40.0 Å². The van der Waals surface area contributed by atoms with E-state index in [9.17, 15) is 4.79 Å². The van der Waals surface area contributed by atoms with E-state index in [4.69, 9.17) is 27.3 Å². The lowest BCUT2D eigenvalue weighted by atomic mass is 9.38. The SMILES string of the molecule is CCO[C@@H]1C[C@@H]2[C@@]34CO[C@]2(C(=O)OC)C(O[S+](C)C)C(O[S+](C)C)[C@@H]3[C@@]2(C)CC=C[C@@H](C)[C@@H]2C[C@H]4O1. The summed E-state index contributed by atoms with van der Waals surface area (Å²) in [6.45, 7) is 7.76. The maximum atomic E-state index is 13.8. The predicted octanol–water partition coefficient (Wildman–Crippen LogP) is 3.29. The zero-order valence-electron chi connectivity index (χ0n) is 23.0. The molecule has 2 saturated heterocycles. The van der Waals surface area contributed by atoms with Crippen molar-refractivity contribution in [3.8, 4) is 0 Å². The molecule has 0 N–H and O–H groups in total. The topological polar surface area (TPSA) is 72.5 Å². The van der Waals surface area contributed by atoms with Gasteiger partial charge in [-0.05, 0) is 37.0 Å². The number of allylic oxidation sites excluding steroid dienone is 2. The highest BCUT2D eigenvalue weighted by molar-refractivity contribution is 7.91. The average Bonchev–Trinajstić information content (AvgIpc) is 3.08. The molecule has 36 heavy (non-hydrogen) atoms. The molecule has 2 bridgehead atoms. The van der Waals surface area contributed by atoms with Crippen LogP contribution in [0.15, 0.2) is 12.2 Å². The summed E-state index contributed by atoms with van der Waals surface area (Å²) >= 11 is -0.729. The van der Waals surface area contributed by atoms with Crippen molar-refractivity contribution < 1.29 is 32.1 Å². The Hall–Kier alpha value is -0.290. The highest BCUT2D eigenvalue weighted by atomic mass is 32.2. The number of ether oxygens (including phenoxy) is 4. The second-order valence-electron chi connectivity index (χ2n) is 11.9. The summed E-state index contributed by atoms with van der Waals surface area (Å²) in [5.74, 6) is 0.468. The average molecular weight is 545 g/mol. The van der Waals surface area contributed by atoms with E-state index >= 15 is 0 Å². The van der Waals surface area contributed by atoms with Crippen molar-refractivity contribution in [3.05, 3.63) is 12.2 Å². The number of esters is 1. The van der Waals surface area contributed by atoms with Crippen LogP contribution in [-0.4, -0.2) is 81.5 Å². The molecule has 0 amide bonds. The maximum absolute atomic E-state index is 13.8. The lowest BCUT2D eigenvalue weighted by Gasteiger charge is -2.68. The Kier molecular flexibility index (Phi) is 7.36. The summed E-state index contributed by atoms with van der Waals surface area (Å²) in [4.78, 5) is 13.8. The van der Waals surface area contributed by atoms with Gasteiger partial charge in [0.25, 0.3) is 0 Å². The molecule has 0 radical (unpaired) electrons. The van der Waals surface area contributed by atoms with Gasteiger partial charge in [-0.25, -0.2) is 4.79 Å². The highest BCUT2D eigenvalue weighted by Crippen LogP contribution is 2.73. The number of methoxy groups -OCH3 is 1. The molecular formula is C27H44O7S2+2. The van der Waals surface area contributed by atoms with Crippen molar-refractivity contribution in [2.45, 2.75) is 70.2 Å². The Balaban J connectivity index is 1.75. The van der Waals surface area contributed by atoms with Crippen molar-refractivity contribution in [2.75, 3.05) is 45.3 Å². The van der Waals surface area contributed by atoms with Crippen molar-refractivity contribution in [1.29, 1.82) is 0 Å². The van der Waals surface area contributed by atoms with Crippen LogP contribution < -0.4 is 0 Å². The summed E-state index contributed by atoms with van der Waals surface area (Å²) in [6, 6.07) is 0. The van der Waals surface area contributed by atoms with Crippen molar-refractivity contribution in [3.63, 3.8) is 0 Å². The normalized spacial score (nSPS) is 49.2. The molecule has 204 valence electrons. The lowest BCUT2D eigenvalue weighted by molar-refractivity contribution is -0.322. The molecule has 2 saturated carbocycles. The largest absolute Gasteiger partial charge is 0.467 e. The van der Waals surface area contributed by atoms with E-state index in [1.54, 1.807) is 0 Å². The van der Waals surface area contributed by atoms with Gasteiger partial charge < -0.3 is 18.9 Å². The minimum atomic E-state index is -1.25. The molecule has 5 aliphatic rings. The first kappa shape index (κ1) is 27.3. The number of carbonyl (C=O) groups excluding carboxylic acids is 1. The minimum Gasteiger partial charge on any atom is -0.467 e. The maximum Gasteiger partial charge on any atom is 0.341 e. The Morgan fingerprint density at radius 1 is 1.14 bits per heavy atom. The lowest BCUT2D eigenvalue weighted by Crippen LogP contribution is -2.77. The third-order valence-electron chi connectivity index (χ3n) is 9.81. The Bertz CT molecular complexity index is 882. The van der Waals surface area contributed by atoms with E-state index in [1.165, 1.54) is 7.11 Å². The molecule has 0 aromatic rings. The fraction of sp³-hybridized carbons (Fsp3) is 0.889. The fourth-order valence-electron chi connectivity index (χ4n) is 8.82. The first-order chi connectivity index (χ1) is 17.1. The Labute approximate surface area is 222 Å². The van der Waals surface area contributed by atoms with Crippen LogP contribution in [0.5, 0.6) is 0 Å². The molecule has 11 atom stereocenters. The molecule has 0 aromatic carbocycles. The highest BCUT2D eigenvalue weighted by Gasteiger charge is 2.84. The smallest absolute Gasteiger partial charge is 0.341 e. The van der Waals surface area contributed by atoms with E-state index in [0.717, 1.165) is 12.8 Å². The van der Waals surface area contributed by atoms with Gasteiger partial charge in [-0.3, -0.25) is 0 Å². The van der Waals surface area contributed by atoms with Crippen LogP contribution in [0.25, 0.3) is 0 Å². The van der Waals surface area contributed by atoms with Gasteiger partial charge in [0.05, 0.1) is 19.8 Å². The second-order valence-corrected chi connectivity index (χ2v) is 15.2. The first-order valence-electron chi connectivity index (χ1n) is 13.2. The van der Waals surface area contributed by atoms with Crippen molar-refractivity contribution >= 4 is 28.3 Å². The zero-order valence-corrected chi connectivity index (χ0v) is 24.6. The Morgan fingerprint density at radius 2 is 1.86 bits per heavy atom. The van der Waals surface area contributed by atoms with Gasteiger partial charge in [0.1, 0.15) is 47.4 Å². The van der Waals surface area contributed by atoms with E-state index in [0.29, 0.717) is 31.5 Å². The molecule has 2 aliphatic heterocycles. The van der Waals surface area contributed by atoms with Crippen LogP contribution in [0.3, 0.4) is 0 Å². The summed E-state index contributed by atoms with van der Waals surface area (Å²) in [6.07, 6.45) is 14.1. The second kappa shape index (κ2) is 9.72. The zero-order chi connectivity index (χ0) is 26.0. The predicted molar refractivity (Wildman–Crippen MR) is 142 cm³/mol. The van der Waals surface area contributed by atoms with E-state index < -0.39 is 22.9 Å². The minimum absolute atomic E-state index is 0.0353. The molecule has 0 aromatic heterocycles. The van der Waals surface area contributed by atoms with Gasteiger partial charge in [-0.2, -0.15) is 8.37 Å². The van der Waals surface area contributed by atoms with Crippen LogP contribution in [0.4, 0.5) is 0 Å². The molecule has 2 unspecified atom stereocenters. The first-order valence-corrected chi connectivity index (χ1v) is 17.1. The molecule has 7 nitrogen and oxygen atoms in total. The molecule has 3 aliphatic carbocycles. The van der Waals surface area contributed by atoms with E-state index in [1.807, 2.05) is 19.4 Å². The van der Waals surface area contributed by atoms with Gasteiger partial charge in [0.2, 0.25) is 5.60 Å². The number of fused-ring (bicyclic) bond motifs is 2. The van der Waals surface area contributed by atoms with E-state index in [-0.39, 0.29) is 58.3 Å². The van der Waals surface area contributed by atoms with Gasteiger partial charge in [0, 0.05) is 30.3 Å². The van der Waals surface area contributed by atoms with Crippen molar-refractivity contribution in [1.82, 2.24) is 0 Å². The van der Waals surface area contributed by atoms with E-state index in [2.05, 4.69) is 38.5 Å². The van der Waals surface area contributed by atoms with Crippen LogP contribution in [-0.2, 0) is 54.5 Å². The molecule has 1 spiro atoms. The van der Waals surface area contributed by atoms with Gasteiger partial charge in [0.15, 0.2) is 18.5 Å². The summed E-state index contributed by atoms with van der Waals surface area (Å²) in [5, 5.41) is 0. The monoisotopic (exact) mass is 544 g/mol. The third-order valence-corrected chi connectivity index (χ3v) is 11.0. The summed E-state index contributed by atoms with van der Waals surface area (Å²) in [7, 11) is 1.45. The van der Waals surface area contributed by atoms with Gasteiger partial charge in [-0.15, -0.1) is 0 Å². The summed E-state index contributed by atoms with van der Waals surface area (Å²) in [5.41, 5.74) is -1.66. The standard InChI is InChI=1S/C27H44O7S2/c1-9-30-20-14-18-26-15-31-27(18,24(28)29-4)23(34-36(7)8)21(33-35(5)6)22(26)25(3)12-10-11-16(2)17(25)13-19(26)32-20/h10-11,16-23H,9,12-15H2,1-8H3/q+2/t16-,17+,18-,19-,20+,21?,22-,23?,25+,26-,27+/m1/s1. The Morgan fingerprint density at radius 3 is 2.50 bits per heavy atom. The van der Waals surface area contributed by atoms with Gasteiger partial charge in [-0.1, -0.05) is 26.0 Å². The van der Waals surface area contributed by atoms with Gasteiger partial charge >= 0.3 is 5.97 Å². The fourth-order valence-corrected chi connectivity index (χ4v) is 10.1.